The Balaban J connectivity index is 2.75. The minimum absolute atomic E-state index is 0.100. The lowest BCUT2D eigenvalue weighted by Gasteiger charge is -2.27. The van der Waals surface area contributed by atoms with Crippen molar-refractivity contribution in [1.29, 1.82) is 0 Å². The molecule has 0 saturated carbocycles. The van der Waals surface area contributed by atoms with Crippen molar-refractivity contribution in [3.8, 4) is 0 Å². The molecule has 0 bridgehead atoms. The van der Waals surface area contributed by atoms with Crippen LogP contribution in [-0.4, -0.2) is 12.1 Å². The summed E-state index contributed by atoms with van der Waals surface area (Å²) < 4.78 is 14.8. The van der Waals surface area contributed by atoms with Crippen LogP contribution in [0.3, 0.4) is 0 Å². The highest BCUT2D eigenvalue weighted by Crippen LogP contribution is 2.22. The van der Waals surface area contributed by atoms with E-state index in [1.54, 1.807) is 6.07 Å². The maximum Gasteiger partial charge on any atom is 0.126 e. The van der Waals surface area contributed by atoms with Gasteiger partial charge in [0.05, 0.1) is 0 Å². The topological polar surface area (TPSA) is 12.0 Å². The van der Waals surface area contributed by atoms with Gasteiger partial charge in [0.1, 0.15) is 5.82 Å². The molecule has 0 aliphatic rings. The molecule has 1 atom stereocenters. The van der Waals surface area contributed by atoms with Gasteiger partial charge in [-0.25, -0.2) is 4.39 Å². The Morgan fingerprint density at radius 3 is 2.42 bits per heavy atom. The zero-order valence-corrected chi connectivity index (χ0v) is 14.1. The molecular formula is C16H25BrFN. The third-order valence-electron chi connectivity index (χ3n) is 3.33. The lowest BCUT2D eigenvalue weighted by atomic mass is 9.88. The Morgan fingerprint density at radius 1 is 1.26 bits per heavy atom. The molecule has 0 aromatic heterocycles. The highest BCUT2D eigenvalue weighted by molar-refractivity contribution is 9.10. The normalized spacial score (nSPS) is 13.9. The van der Waals surface area contributed by atoms with E-state index in [1.807, 2.05) is 6.07 Å². The molecule has 0 amide bonds. The Morgan fingerprint density at radius 2 is 1.89 bits per heavy atom. The third kappa shape index (κ3) is 6.05. The molecule has 0 spiro atoms. The van der Waals surface area contributed by atoms with Crippen LogP contribution in [0.5, 0.6) is 0 Å². The van der Waals surface area contributed by atoms with E-state index in [0.717, 1.165) is 23.0 Å². The highest BCUT2D eigenvalue weighted by atomic mass is 79.9. The van der Waals surface area contributed by atoms with Gasteiger partial charge in [-0.15, -0.1) is 0 Å². The number of rotatable bonds is 5. The van der Waals surface area contributed by atoms with Crippen molar-refractivity contribution in [2.24, 2.45) is 11.8 Å². The zero-order chi connectivity index (χ0) is 14.6. The van der Waals surface area contributed by atoms with Crippen molar-refractivity contribution in [2.75, 3.05) is 6.54 Å². The van der Waals surface area contributed by atoms with E-state index in [-0.39, 0.29) is 11.4 Å². The highest BCUT2D eigenvalue weighted by Gasteiger charge is 2.19. The summed E-state index contributed by atoms with van der Waals surface area (Å²) in [6.07, 6.45) is 0.770. The molecule has 19 heavy (non-hydrogen) atoms. The Bertz CT molecular complexity index is 410. The van der Waals surface area contributed by atoms with Gasteiger partial charge in [-0.3, -0.25) is 0 Å². The number of halogens is 2. The van der Waals surface area contributed by atoms with Gasteiger partial charge < -0.3 is 5.32 Å². The van der Waals surface area contributed by atoms with Gasteiger partial charge >= 0.3 is 0 Å². The first-order chi connectivity index (χ1) is 8.69. The minimum atomic E-state index is -0.107. The average molecular weight is 330 g/mol. The Hall–Kier alpha value is -0.410. The van der Waals surface area contributed by atoms with E-state index in [4.69, 9.17) is 0 Å². The van der Waals surface area contributed by atoms with E-state index in [1.165, 1.54) is 6.07 Å². The molecule has 108 valence electrons. The Kier molecular flexibility index (Phi) is 6.00. The fourth-order valence-electron chi connectivity index (χ4n) is 1.96. The number of hydrogen-bond acceptors (Lipinski definition) is 1. The standard InChI is InChI=1S/C16H25BrFN/c1-11(2)13(10-19-16(3,4)5)8-12-9-14(17)6-7-15(12)18/h6-7,9,11,13,19H,8,10H2,1-5H3. The van der Waals surface area contributed by atoms with Gasteiger partial charge in [0.25, 0.3) is 0 Å². The smallest absolute Gasteiger partial charge is 0.126 e. The molecule has 0 aliphatic carbocycles. The van der Waals surface area contributed by atoms with Crippen LogP contribution in [0, 0.1) is 17.7 Å². The summed E-state index contributed by atoms with van der Waals surface area (Å²) in [5.74, 6) is 0.848. The van der Waals surface area contributed by atoms with Crippen LogP contribution in [0.2, 0.25) is 0 Å². The van der Waals surface area contributed by atoms with Gasteiger partial charge in [0.2, 0.25) is 0 Å². The molecule has 0 fully saturated rings. The summed E-state index contributed by atoms with van der Waals surface area (Å²) in [5.41, 5.74) is 0.895. The maximum atomic E-state index is 13.8. The summed E-state index contributed by atoms with van der Waals surface area (Å²) in [7, 11) is 0. The molecule has 0 saturated heterocycles. The van der Waals surface area contributed by atoms with Crippen molar-refractivity contribution < 1.29 is 4.39 Å². The van der Waals surface area contributed by atoms with E-state index in [2.05, 4.69) is 55.9 Å². The zero-order valence-electron chi connectivity index (χ0n) is 12.6. The van der Waals surface area contributed by atoms with Gasteiger partial charge in [0.15, 0.2) is 0 Å². The maximum absolute atomic E-state index is 13.8. The molecular weight excluding hydrogens is 305 g/mol. The fourth-order valence-corrected chi connectivity index (χ4v) is 2.37. The van der Waals surface area contributed by atoms with Crippen molar-refractivity contribution in [3.63, 3.8) is 0 Å². The first-order valence-corrected chi connectivity index (χ1v) is 7.67. The van der Waals surface area contributed by atoms with Crippen molar-refractivity contribution in [2.45, 2.75) is 46.6 Å². The minimum Gasteiger partial charge on any atom is -0.312 e. The van der Waals surface area contributed by atoms with Crippen LogP contribution in [-0.2, 0) is 6.42 Å². The van der Waals surface area contributed by atoms with E-state index in [9.17, 15) is 4.39 Å². The quantitative estimate of drug-likeness (QED) is 0.818. The molecule has 1 N–H and O–H groups in total. The van der Waals surface area contributed by atoms with Crippen molar-refractivity contribution >= 4 is 15.9 Å². The summed E-state index contributed by atoms with van der Waals surface area (Å²) in [4.78, 5) is 0. The largest absolute Gasteiger partial charge is 0.312 e. The van der Waals surface area contributed by atoms with Crippen LogP contribution < -0.4 is 5.32 Å². The molecule has 0 aliphatic heterocycles. The van der Waals surface area contributed by atoms with Gasteiger partial charge in [-0.1, -0.05) is 29.8 Å². The van der Waals surface area contributed by atoms with E-state index < -0.39 is 0 Å². The SMILES string of the molecule is CC(C)C(CNC(C)(C)C)Cc1cc(Br)ccc1F. The molecule has 1 nitrogen and oxygen atoms in total. The van der Waals surface area contributed by atoms with E-state index >= 15 is 0 Å². The summed E-state index contributed by atoms with van der Waals surface area (Å²) >= 11 is 3.41. The number of hydrogen-bond donors (Lipinski definition) is 1. The van der Waals surface area contributed by atoms with Crippen molar-refractivity contribution in [1.82, 2.24) is 5.32 Å². The fraction of sp³-hybridized carbons (Fsp3) is 0.625. The predicted molar refractivity (Wildman–Crippen MR) is 83.9 cm³/mol. The lowest BCUT2D eigenvalue weighted by Crippen LogP contribution is -2.40. The second-order valence-electron chi connectivity index (χ2n) is 6.57. The van der Waals surface area contributed by atoms with Gasteiger partial charge in [-0.05, 0) is 69.3 Å². The second-order valence-corrected chi connectivity index (χ2v) is 7.49. The summed E-state index contributed by atoms with van der Waals surface area (Å²) in [5, 5.41) is 3.52. The van der Waals surface area contributed by atoms with Crippen molar-refractivity contribution in [3.05, 3.63) is 34.1 Å². The Labute approximate surface area is 125 Å². The lowest BCUT2D eigenvalue weighted by molar-refractivity contribution is 0.310. The molecule has 0 heterocycles. The molecule has 3 heteroatoms. The molecule has 0 radical (unpaired) electrons. The third-order valence-corrected chi connectivity index (χ3v) is 3.82. The molecule has 1 unspecified atom stereocenters. The first kappa shape index (κ1) is 16.6. The van der Waals surface area contributed by atoms with Crippen LogP contribution in [0.4, 0.5) is 4.39 Å². The number of nitrogens with one attached hydrogen (secondary N) is 1. The average Bonchev–Trinajstić information content (AvgIpc) is 2.27. The predicted octanol–water partition coefficient (Wildman–Crippen LogP) is 4.79. The molecule has 1 aromatic rings. The van der Waals surface area contributed by atoms with Crippen LogP contribution in [0.25, 0.3) is 0 Å². The van der Waals surface area contributed by atoms with Gasteiger partial charge in [0, 0.05) is 10.0 Å². The van der Waals surface area contributed by atoms with Crippen LogP contribution >= 0.6 is 15.9 Å². The summed E-state index contributed by atoms with van der Waals surface area (Å²) in [6, 6.07) is 5.17. The molecule has 1 rings (SSSR count). The molecule has 1 aromatic carbocycles. The second kappa shape index (κ2) is 6.85. The first-order valence-electron chi connectivity index (χ1n) is 6.88. The van der Waals surface area contributed by atoms with E-state index in [0.29, 0.717) is 11.8 Å². The summed E-state index contributed by atoms with van der Waals surface area (Å²) in [6.45, 7) is 11.8. The number of benzene rings is 1. The van der Waals surface area contributed by atoms with Crippen LogP contribution in [0.1, 0.15) is 40.2 Å². The van der Waals surface area contributed by atoms with Crippen LogP contribution in [0.15, 0.2) is 22.7 Å². The van der Waals surface area contributed by atoms with Gasteiger partial charge in [-0.2, -0.15) is 0 Å². The monoisotopic (exact) mass is 329 g/mol.